The van der Waals surface area contributed by atoms with Crippen molar-refractivity contribution in [1.29, 1.82) is 0 Å². The number of hydrogen-bond acceptors (Lipinski definition) is 5. The number of rotatable bonds is 5. The van der Waals surface area contributed by atoms with E-state index >= 15 is 0 Å². The summed E-state index contributed by atoms with van der Waals surface area (Å²) < 4.78 is 24.7. The summed E-state index contributed by atoms with van der Waals surface area (Å²) in [5.74, 6) is -2.09. The van der Waals surface area contributed by atoms with Gasteiger partial charge in [0.15, 0.2) is 22.9 Å². The van der Waals surface area contributed by atoms with E-state index in [-0.39, 0.29) is 11.3 Å². The largest absolute Gasteiger partial charge is 0.503 e. The number of fused-ring (bicyclic) bond motifs is 1. The van der Waals surface area contributed by atoms with Crippen LogP contribution in [0.5, 0.6) is 5.75 Å². The number of Topliss-reactive ketones (excluding diaryl/α,β-unsaturated/α-hetero) is 1. The highest BCUT2D eigenvalue weighted by atomic mass is 19.1. The van der Waals surface area contributed by atoms with Crippen LogP contribution in [0.4, 0.5) is 10.1 Å². The Hall–Kier alpha value is -4.39. The third-order valence-electron chi connectivity index (χ3n) is 5.87. The number of aliphatic hydroxyl groups is 1. The molecule has 1 N–H and O–H groups in total. The van der Waals surface area contributed by atoms with Crippen molar-refractivity contribution in [3.05, 3.63) is 107 Å². The third-order valence-corrected chi connectivity index (χ3v) is 5.87. The van der Waals surface area contributed by atoms with Crippen molar-refractivity contribution in [3.8, 4) is 5.75 Å². The first-order valence-electron chi connectivity index (χ1n) is 10.6. The predicted molar refractivity (Wildman–Crippen MR) is 125 cm³/mol. The van der Waals surface area contributed by atoms with Crippen LogP contribution >= 0.6 is 0 Å². The number of ketones is 1. The van der Waals surface area contributed by atoms with E-state index < -0.39 is 29.3 Å². The smallest absolute Gasteiger partial charge is 0.294 e. The quantitative estimate of drug-likeness (QED) is 0.391. The molecule has 2 heterocycles. The van der Waals surface area contributed by atoms with Crippen molar-refractivity contribution in [2.45, 2.75) is 13.0 Å². The molecule has 0 bridgehead atoms. The molecule has 1 aliphatic heterocycles. The lowest BCUT2D eigenvalue weighted by Gasteiger charge is -2.27. The molecule has 34 heavy (non-hydrogen) atoms. The van der Waals surface area contributed by atoms with Crippen molar-refractivity contribution in [3.63, 3.8) is 0 Å². The van der Waals surface area contributed by atoms with E-state index in [1.54, 1.807) is 30.3 Å². The number of nitrogens with zero attached hydrogens (tertiary/aromatic N) is 1. The average molecular weight is 457 g/mol. The second-order valence-corrected chi connectivity index (χ2v) is 8.05. The zero-order valence-electron chi connectivity index (χ0n) is 18.4. The van der Waals surface area contributed by atoms with Gasteiger partial charge in [0.05, 0.1) is 18.7 Å². The van der Waals surface area contributed by atoms with Gasteiger partial charge in [-0.25, -0.2) is 4.39 Å². The minimum absolute atomic E-state index is 0.0348. The summed E-state index contributed by atoms with van der Waals surface area (Å²) in [5.41, 5.74) is 2.16. The zero-order chi connectivity index (χ0) is 24.0. The van der Waals surface area contributed by atoms with Crippen molar-refractivity contribution in [2.24, 2.45) is 0 Å². The van der Waals surface area contributed by atoms with Crippen molar-refractivity contribution in [1.82, 2.24) is 0 Å². The molecule has 4 aromatic rings. The number of benzene rings is 3. The Balaban J connectivity index is 1.67. The minimum Gasteiger partial charge on any atom is -0.503 e. The second kappa shape index (κ2) is 8.19. The predicted octanol–water partition coefficient (Wildman–Crippen LogP) is 5.67. The van der Waals surface area contributed by atoms with Gasteiger partial charge in [-0.2, -0.15) is 0 Å². The molecule has 5 rings (SSSR count). The molecule has 1 atom stereocenters. The summed E-state index contributed by atoms with van der Waals surface area (Å²) in [4.78, 5) is 28.2. The number of para-hydroxylation sites is 1. The first-order chi connectivity index (χ1) is 16.4. The van der Waals surface area contributed by atoms with E-state index in [1.807, 2.05) is 25.1 Å². The normalized spacial score (nSPS) is 15.9. The van der Waals surface area contributed by atoms with Crippen LogP contribution in [-0.2, 0) is 4.79 Å². The highest BCUT2D eigenvalue weighted by molar-refractivity contribution is 6.20. The fourth-order valence-electron chi connectivity index (χ4n) is 4.30. The van der Waals surface area contributed by atoms with E-state index in [4.69, 9.17) is 9.15 Å². The van der Waals surface area contributed by atoms with Gasteiger partial charge in [-0.3, -0.25) is 14.5 Å². The molecular formula is C27H20FNO5. The molecule has 0 fully saturated rings. The summed E-state index contributed by atoms with van der Waals surface area (Å²) in [6.07, 6.45) is 0. The Kier molecular flexibility index (Phi) is 5.17. The number of amides is 1. The van der Waals surface area contributed by atoms with E-state index in [0.717, 1.165) is 5.56 Å². The summed E-state index contributed by atoms with van der Waals surface area (Å²) >= 11 is 0. The highest BCUT2D eigenvalue weighted by Gasteiger charge is 2.45. The fourth-order valence-corrected chi connectivity index (χ4v) is 4.30. The topological polar surface area (TPSA) is 80.0 Å². The number of aliphatic hydroxyl groups excluding tert-OH is 1. The number of ether oxygens (including phenoxy) is 1. The Morgan fingerprint density at radius 2 is 1.79 bits per heavy atom. The van der Waals surface area contributed by atoms with Crippen LogP contribution in [0.25, 0.3) is 11.0 Å². The number of hydrogen-bond donors (Lipinski definition) is 1. The van der Waals surface area contributed by atoms with Crippen molar-refractivity contribution in [2.75, 3.05) is 12.0 Å². The number of carbonyl (C=O) groups is 2. The van der Waals surface area contributed by atoms with Crippen LogP contribution in [0, 0.1) is 12.7 Å². The molecule has 0 radical (unpaired) electrons. The lowest BCUT2D eigenvalue weighted by molar-refractivity contribution is -0.117. The summed E-state index contributed by atoms with van der Waals surface area (Å²) in [6, 6.07) is 18.5. The summed E-state index contributed by atoms with van der Waals surface area (Å²) in [5, 5.41) is 11.5. The Bertz CT molecular complexity index is 1470. The Labute approximate surface area is 194 Å². The molecule has 1 amide bonds. The van der Waals surface area contributed by atoms with Crippen LogP contribution in [0.15, 0.2) is 88.5 Å². The maximum atomic E-state index is 13.7. The standard InChI is InChI=1S/C27H20FNO5/c1-15-5-3-6-16(13-15)23-22(25(31)27(32)29(23)19-11-9-18(28)10-12-19)24(30)21-14-17-7-4-8-20(33-2)26(17)34-21/h3-14,23,31H,1-2H3. The van der Waals surface area contributed by atoms with Crippen LogP contribution in [0.3, 0.4) is 0 Å². The van der Waals surface area contributed by atoms with Gasteiger partial charge in [0.2, 0.25) is 5.78 Å². The Morgan fingerprint density at radius 1 is 1.06 bits per heavy atom. The van der Waals surface area contributed by atoms with Gasteiger partial charge < -0.3 is 14.3 Å². The van der Waals surface area contributed by atoms with Gasteiger partial charge in [0.1, 0.15) is 5.82 Å². The van der Waals surface area contributed by atoms with Crippen molar-refractivity contribution < 1.29 is 28.2 Å². The monoisotopic (exact) mass is 457 g/mol. The van der Waals surface area contributed by atoms with E-state index in [9.17, 15) is 19.1 Å². The minimum atomic E-state index is -0.930. The number of carbonyl (C=O) groups excluding carboxylic acids is 2. The molecule has 6 nitrogen and oxygen atoms in total. The number of methoxy groups -OCH3 is 1. The molecule has 3 aromatic carbocycles. The third kappa shape index (κ3) is 3.42. The SMILES string of the molecule is COc1cccc2cc(C(=O)C3=C(O)C(=O)N(c4ccc(F)cc4)C3c3cccc(C)c3)oc12. The number of aryl methyl sites for hydroxylation is 1. The molecule has 1 aliphatic rings. The van der Waals surface area contributed by atoms with Gasteiger partial charge in [0, 0.05) is 11.1 Å². The highest BCUT2D eigenvalue weighted by Crippen LogP contribution is 2.43. The van der Waals surface area contributed by atoms with E-state index in [1.165, 1.54) is 36.3 Å². The number of halogens is 1. The van der Waals surface area contributed by atoms with Gasteiger partial charge in [0.25, 0.3) is 5.91 Å². The van der Waals surface area contributed by atoms with Crippen LogP contribution in [0.2, 0.25) is 0 Å². The van der Waals surface area contributed by atoms with E-state index in [2.05, 4.69) is 0 Å². The lowest BCUT2D eigenvalue weighted by Crippen LogP contribution is -2.31. The molecule has 0 aliphatic carbocycles. The van der Waals surface area contributed by atoms with Crippen LogP contribution in [-0.4, -0.2) is 23.9 Å². The first-order valence-corrected chi connectivity index (χ1v) is 10.6. The van der Waals surface area contributed by atoms with Gasteiger partial charge in [-0.1, -0.05) is 42.0 Å². The lowest BCUT2D eigenvalue weighted by atomic mass is 9.94. The fraction of sp³-hybridized carbons (Fsp3) is 0.111. The molecule has 170 valence electrons. The maximum Gasteiger partial charge on any atom is 0.294 e. The molecular weight excluding hydrogens is 437 g/mol. The first kappa shape index (κ1) is 21.5. The molecule has 0 spiro atoms. The molecule has 0 saturated carbocycles. The molecule has 7 heteroatoms. The van der Waals surface area contributed by atoms with E-state index in [0.29, 0.717) is 28.0 Å². The average Bonchev–Trinajstić information content (AvgIpc) is 3.39. The molecule has 1 unspecified atom stereocenters. The summed E-state index contributed by atoms with van der Waals surface area (Å²) in [7, 11) is 1.50. The van der Waals surface area contributed by atoms with Crippen LogP contribution < -0.4 is 9.64 Å². The molecule has 0 saturated heterocycles. The number of anilines is 1. The summed E-state index contributed by atoms with van der Waals surface area (Å²) in [6.45, 7) is 1.89. The van der Waals surface area contributed by atoms with Crippen LogP contribution in [0.1, 0.15) is 27.7 Å². The number of furan rings is 1. The van der Waals surface area contributed by atoms with Gasteiger partial charge >= 0.3 is 0 Å². The van der Waals surface area contributed by atoms with Crippen molar-refractivity contribution >= 4 is 28.3 Å². The van der Waals surface area contributed by atoms with Gasteiger partial charge in [-0.05, 0) is 48.9 Å². The molecule has 1 aromatic heterocycles. The second-order valence-electron chi connectivity index (χ2n) is 8.05. The zero-order valence-corrected chi connectivity index (χ0v) is 18.4. The maximum absolute atomic E-state index is 13.7. The Morgan fingerprint density at radius 3 is 2.50 bits per heavy atom. The van der Waals surface area contributed by atoms with Gasteiger partial charge in [-0.15, -0.1) is 0 Å².